The predicted molar refractivity (Wildman–Crippen MR) is 53.2 cm³/mol. The highest BCUT2D eigenvalue weighted by atomic mass is 16.6. The Hall–Kier alpha value is -1.59. The lowest BCUT2D eigenvalue weighted by molar-refractivity contribution is -0.145. The molecule has 0 saturated heterocycles. The summed E-state index contributed by atoms with van der Waals surface area (Å²) in [5.41, 5.74) is -0.812. The van der Waals surface area contributed by atoms with E-state index in [4.69, 9.17) is 11.0 Å². The smallest absolute Gasteiger partial charge is 0.316 e. The molecular weight excluding hydrogens is 198 g/mol. The Balaban J connectivity index is 3.15. The number of carbonyl (C=O) groups is 1. The molecule has 0 saturated carbocycles. The van der Waals surface area contributed by atoms with Crippen molar-refractivity contribution < 1.29 is 19.8 Å². The SMILES string of the molecule is CC(CON)(C(=O)O)c1cccc(O)c1. The lowest BCUT2D eigenvalue weighted by Gasteiger charge is -2.23. The fraction of sp³-hybridized carbons (Fsp3) is 0.300. The Kier molecular flexibility index (Phi) is 3.28. The first kappa shape index (κ1) is 11.5. The molecule has 0 amide bonds. The van der Waals surface area contributed by atoms with E-state index < -0.39 is 11.4 Å². The van der Waals surface area contributed by atoms with Gasteiger partial charge in [0.15, 0.2) is 0 Å². The molecule has 0 aliphatic carbocycles. The summed E-state index contributed by atoms with van der Waals surface area (Å²) in [7, 11) is 0. The number of hydrogen-bond donors (Lipinski definition) is 3. The highest BCUT2D eigenvalue weighted by molar-refractivity contribution is 5.81. The van der Waals surface area contributed by atoms with Crippen LogP contribution in [-0.2, 0) is 15.0 Å². The summed E-state index contributed by atoms with van der Waals surface area (Å²) in [4.78, 5) is 15.5. The number of hydrogen-bond acceptors (Lipinski definition) is 4. The number of rotatable bonds is 4. The Labute approximate surface area is 87.0 Å². The average Bonchev–Trinajstić information content (AvgIpc) is 2.17. The lowest BCUT2D eigenvalue weighted by atomic mass is 9.83. The number of carboxylic acids is 1. The van der Waals surface area contributed by atoms with E-state index in [0.29, 0.717) is 5.56 Å². The molecule has 1 aromatic carbocycles. The Morgan fingerprint density at radius 3 is 2.73 bits per heavy atom. The predicted octanol–water partition coefficient (Wildman–Crippen LogP) is 0.625. The summed E-state index contributed by atoms with van der Waals surface area (Å²) in [6.07, 6.45) is 0. The summed E-state index contributed by atoms with van der Waals surface area (Å²) in [6, 6.07) is 6.03. The standard InChI is InChI=1S/C10H13NO4/c1-10(6-15-11,9(13)14)7-3-2-4-8(12)5-7/h2-5,12H,6,11H2,1H3,(H,13,14). The number of aromatic hydroxyl groups is 1. The second-order valence-corrected chi connectivity index (χ2v) is 3.50. The fourth-order valence-corrected chi connectivity index (χ4v) is 1.28. The quantitative estimate of drug-likeness (QED) is 0.635. The third kappa shape index (κ3) is 2.26. The molecule has 0 aliphatic rings. The molecule has 1 atom stereocenters. The fourth-order valence-electron chi connectivity index (χ4n) is 1.28. The van der Waals surface area contributed by atoms with Gasteiger partial charge in [0.05, 0.1) is 6.61 Å². The first-order chi connectivity index (χ1) is 7.00. The monoisotopic (exact) mass is 211 g/mol. The van der Waals surface area contributed by atoms with E-state index in [-0.39, 0.29) is 12.4 Å². The highest BCUT2D eigenvalue weighted by Crippen LogP contribution is 2.26. The van der Waals surface area contributed by atoms with Crippen LogP contribution in [0.25, 0.3) is 0 Å². The summed E-state index contributed by atoms with van der Waals surface area (Å²) < 4.78 is 0. The zero-order chi connectivity index (χ0) is 11.5. The molecule has 5 nitrogen and oxygen atoms in total. The van der Waals surface area contributed by atoms with Crippen molar-refractivity contribution in [1.82, 2.24) is 0 Å². The van der Waals surface area contributed by atoms with Crippen LogP contribution in [0.2, 0.25) is 0 Å². The van der Waals surface area contributed by atoms with Crippen LogP contribution in [0.1, 0.15) is 12.5 Å². The molecular formula is C10H13NO4. The number of aliphatic carboxylic acids is 1. The summed E-state index contributed by atoms with van der Waals surface area (Å²) >= 11 is 0. The van der Waals surface area contributed by atoms with Gasteiger partial charge in [0.25, 0.3) is 0 Å². The number of nitrogens with two attached hydrogens (primary N) is 1. The minimum Gasteiger partial charge on any atom is -0.508 e. The van der Waals surface area contributed by atoms with Crippen molar-refractivity contribution >= 4 is 5.97 Å². The molecule has 15 heavy (non-hydrogen) atoms. The maximum absolute atomic E-state index is 11.1. The van der Waals surface area contributed by atoms with E-state index >= 15 is 0 Å². The van der Waals surface area contributed by atoms with Crippen LogP contribution in [0.15, 0.2) is 24.3 Å². The first-order valence-electron chi connectivity index (χ1n) is 4.35. The third-order valence-corrected chi connectivity index (χ3v) is 2.33. The molecule has 1 aromatic rings. The lowest BCUT2D eigenvalue weighted by Crippen LogP contribution is -2.38. The Morgan fingerprint density at radius 2 is 2.27 bits per heavy atom. The van der Waals surface area contributed by atoms with Crippen molar-refractivity contribution in [2.24, 2.45) is 5.90 Å². The van der Waals surface area contributed by atoms with Gasteiger partial charge >= 0.3 is 5.97 Å². The normalized spacial score (nSPS) is 14.5. The van der Waals surface area contributed by atoms with E-state index in [1.807, 2.05) is 0 Å². The number of carboxylic acid groups (broad SMARTS) is 1. The first-order valence-corrected chi connectivity index (χ1v) is 4.35. The number of benzene rings is 1. The molecule has 0 aromatic heterocycles. The molecule has 0 bridgehead atoms. The summed E-state index contributed by atoms with van der Waals surface area (Å²) in [6.45, 7) is 1.32. The highest BCUT2D eigenvalue weighted by Gasteiger charge is 2.35. The molecule has 1 rings (SSSR count). The van der Waals surface area contributed by atoms with E-state index in [2.05, 4.69) is 4.84 Å². The van der Waals surface area contributed by atoms with Gasteiger partial charge in [-0.3, -0.25) is 4.79 Å². The molecule has 82 valence electrons. The van der Waals surface area contributed by atoms with Crippen LogP contribution in [0, 0.1) is 0 Å². The van der Waals surface area contributed by atoms with Gasteiger partial charge in [0.2, 0.25) is 0 Å². The van der Waals surface area contributed by atoms with Gasteiger partial charge in [0, 0.05) is 0 Å². The topological polar surface area (TPSA) is 92.8 Å². The van der Waals surface area contributed by atoms with Gasteiger partial charge in [-0.25, -0.2) is 5.90 Å². The van der Waals surface area contributed by atoms with Crippen LogP contribution >= 0.6 is 0 Å². The Bertz CT molecular complexity index is 366. The van der Waals surface area contributed by atoms with Gasteiger partial charge in [-0.1, -0.05) is 12.1 Å². The van der Waals surface area contributed by atoms with Gasteiger partial charge < -0.3 is 15.1 Å². The van der Waals surface area contributed by atoms with Crippen molar-refractivity contribution in [3.05, 3.63) is 29.8 Å². The van der Waals surface area contributed by atoms with Gasteiger partial charge in [-0.05, 0) is 24.6 Å². The maximum atomic E-state index is 11.1. The van der Waals surface area contributed by atoms with E-state index in [1.165, 1.54) is 19.1 Å². The van der Waals surface area contributed by atoms with Gasteiger partial charge in [0.1, 0.15) is 11.2 Å². The van der Waals surface area contributed by atoms with E-state index in [1.54, 1.807) is 12.1 Å². The summed E-state index contributed by atoms with van der Waals surface area (Å²) in [5.74, 6) is 3.86. The van der Waals surface area contributed by atoms with Gasteiger partial charge in [-0.15, -0.1) is 0 Å². The van der Waals surface area contributed by atoms with E-state index in [0.717, 1.165) is 0 Å². The van der Waals surface area contributed by atoms with Crippen LogP contribution in [0.4, 0.5) is 0 Å². The second-order valence-electron chi connectivity index (χ2n) is 3.50. The number of phenolic OH excluding ortho intramolecular Hbond substituents is 1. The maximum Gasteiger partial charge on any atom is 0.316 e. The molecule has 1 unspecified atom stereocenters. The van der Waals surface area contributed by atoms with Crippen molar-refractivity contribution in [3.63, 3.8) is 0 Å². The third-order valence-electron chi connectivity index (χ3n) is 2.33. The van der Waals surface area contributed by atoms with Crippen LogP contribution in [0.3, 0.4) is 0 Å². The minimum absolute atomic E-state index is 0.0111. The largest absolute Gasteiger partial charge is 0.508 e. The zero-order valence-corrected chi connectivity index (χ0v) is 8.30. The second kappa shape index (κ2) is 4.29. The zero-order valence-electron chi connectivity index (χ0n) is 8.30. The molecule has 0 aliphatic heterocycles. The Morgan fingerprint density at radius 1 is 1.60 bits per heavy atom. The minimum atomic E-state index is -1.26. The van der Waals surface area contributed by atoms with Crippen molar-refractivity contribution in [2.45, 2.75) is 12.3 Å². The molecule has 0 fully saturated rings. The number of phenols is 1. The van der Waals surface area contributed by atoms with Crippen LogP contribution < -0.4 is 5.90 Å². The average molecular weight is 211 g/mol. The molecule has 0 radical (unpaired) electrons. The van der Waals surface area contributed by atoms with Crippen LogP contribution in [-0.4, -0.2) is 22.8 Å². The summed E-state index contributed by atoms with van der Waals surface area (Å²) in [5, 5.41) is 18.4. The molecule has 5 heteroatoms. The molecule has 4 N–H and O–H groups in total. The van der Waals surface area contributed by atoms with Crippen LogP contribution in [0.5, 0.6) is 5.75 Å². The van der Waals surface area contributed by atoms with Crippen molar-refractivity contribution in [2.75, 3.05) is 6.61 Å². The van der Waals surface area contributed by atoms with Crippen molar-refractivity contribution in [3.8, 4) is 5.75 Å². The van der Waals surface area contributed by atoms with Gasteiger partial charge in [-0.2, -0.15) is 0 Å². The molecule has 0 heterocycles. The molecule has 0 spiro atoms. The van der Waals surface area contributed by atoms with E-state index in [9.17, 15) is 9.90 Å². The van der Waals surface area contributed by atoms with Crippen molar-refractivity contribution in [1.29, 1.82) is 0 Å².